The highest BCUT2D eigenvalue weighted by atomic mass is 79.9. The van der Waals surface area contributed by atoms with Crippen molar-refractivity contribution in [3.8, 4) is 5.69 Å². The van der Waals surface area contributed by atoms with Gasteiger partial charge in [-0.1, -0.05) is 12.1 Å². The van der Waals surface area contributed by atoms with Crippen molar-refractivity contribution in [2.45, 2.75) is 20.8 Å². The molecule has 0 amide bonds. The van der Waals surface area contributed by atoms with Gasteiger partial charge in [0.1, 0.15) is 0 Å². The zero-order valence-corrected chi connectivity index (χ0v) is 12.7. The first-order valence-corrected chi connectivity index (χ1v) is 6.94. The van der Waals surface area contributed by atoms with Gasteiger partial charge in [-0.2, -0.15) is 5.10 Å². The predicted octanol–water partition coefficient (Wildman–Crippen LogP) is 4.11. The standard InChI is InChI=1S/C15H14BrN3/c1-9-4-5-10(2)14(6-9)19-15-13(11(3)18-19)7-12(16)8-17-15/h4-8H,1-3H3. The lowest BCUT2D eigenvalue weighted by Gasteiger charge is -2.07. The number of fused-ring (bicyclic) bond motifs is 1. The second-order valence-corrected chi connectivity index (χ2v) is 5.73. The second kappa shape index (κ2) is 4.46. The fourth-order valence-corrected chi connectivity index (χ4v) is 2.57. The molecule has 0 aliphatic heterocycles. The Balaban J connectivity index is 2.34. The van der Waals surface area contributed by atoms with Crippen LogP contribution in [0.1, 0.15) is 16.8 Å². The molecule has 0 N–H and O–H groups in total. The maximum Gasteiger partial charge on any atom is 0.163 e. The molecule has 3 nitrogen and oxygen atoms in total. The van der Waals surface area contributed by atoms with Crippen molar-refractivity contribution in [1.29, 1.82) is 0 Å². The minimum absolute atomic E-state index is 0.898. The molecule has 3 aromatic rings. The van der Waals surface area contributed by atoms with Gasteiger partial charge in [0.05, 0.1) is 11.4 Å². The van der Waals surface area contributed by atoms with Crippen molar-refractivity contribution in [3.63, 3.8) is 0 Å². The van der Waals surface area contributed by atoms with Gasteiger partial charge in [0.2, 0.25) is 0 Å². The Labute approximate surface area is 120 Å². The lowest BCUT2D eigenvalue weighted by molar-refractivity contribution is 0.869. The van der Waals surface area contributed by atoms with Crippen molar-refractivity contribution >= 4 is 27.0 Å². The van der Waals surface area contributed by atoms with Crippen molar-refractivity contribution in [2.24, 2.45) is 0 Å². The third kappa shape index (κ3) is 2.06. The Kier molecular flexibility index (Phi) is 2.90. The maximum atomic E-state index is 4.64. The first-order valence-electron chi connectivity index (χ1n) is 6.15. The molecule has 0 saturated heterocycles. The smallest absolute Gasteiger partial charge is 0.163 e. The number of nitrogens with zero attached hydrogens (tertiary/aromatic N) is 3. The van der Waals surface area contributed by atoms with E-state index < -0.39 is 0 Å². The van der Waals surface area contributed by atoms with Crippen LogP contribution < -0.4 is 0 Å². The van der Waals surface area contributed by atoms with E-state index in [0.29, 0.717) is 0 Å². The summed E-state index contributed by atoms with van der Waals surface area (Å²) in [4.78, 5) is 4.50. The van der Waals surface area contributed by atoms with E-state index >= 15 is 0 Å². The van der Waals surface area contributed by atoms with Crippen LogP contribution in [0.25, 0.3) is 16.7 Å². The van der Waals surface area contributed by atoms with E-state index in [-0.39, 0.29) is 0 Å². The lowest BCUT2D eigenvalue weighted by Crippen LogP contribution is -2.00. The van der Waals surface area contributed by atoms with Crippen molar-refractivity contribution in [1.82, 2.24) is 14.8 Å². The van der Waals surface area contributed by atoms with E-state index in [2.05, 4.69) is 64.1 Å². The molecule has 1 aromatic carbocycles. The summed E-state index contributed by atoms with van der Waals surface area (Å²) in [6.07, 6.45) is 1.81. The highest BCUT2D eigenvalue weighted by Crippen LogP contribution is 2.24. The van der Waals surface area contributed by atoms with Gasteiger partial charge < -0.3 is 0 Å². The van der Waals surface area contributed by atoms with E-state index in [1.165, 1.54) is 11.1 Å². The molecule has 4 heteroatoms. The topological polar surface area (TPSA) is 30.7 Å². The number of hydrogen-bond acceptors (Lipinski definition) is 2. The molecule has 0 atom stereocenters. The molecule has 3 rings (SSSR count). The molecule has 2 aromatic heterocycles. The van der Waals surface area contributed by atoms with Crippen LogP contribution >= 0.6 is 15.9 Å². The maximum absolute atomic E-state index is 4.64. The van der Waals surface area contributed by atoms with Gasteiger partial charge in [0, 0.05) is 16.1 Å². The van der Waals surface area contributed by atoms with Crippen molar-refractivity contribution < 1.29 is 0 Å². The summed E-state index contributed by atoms with van der Waals surface area (Å²) in [5, 5.41) is 5.72. The third-order valence-electron chi connectivity index (χ3n) is 3.27. The minimum atomic E-state index is 0.898. The highest BCUT2D eigenvalue weighted by Gasteiger charge is 2.12. The number of hydrogen-bond donors (Lipinski definition) is 0. The minimum Gasteiger partial charge on any atom is -0.235 e. The summed E-state index contributed by atoms with van der Waals surface area (Å²) >= 11 is 3.46. The first-order chi connectivity index (χ1) is 9.06. The highest BCUT2D eigenvalue weighted by molar-refractivity contribution is 9.10. The van der Waals surface area contributed by atoms with E-state index in [0.717, 1.165) is 26.9 Å². The lowest BCUT2D eigenvalue weighted by atomic mass is 10.1. The summed E-state index contributed by atoms with van der Waals surface area (Å²) in [6.45, 7) is 6.19. The Morgan fingerprint density at radius 3 is 2.68 bits per heavy atom. The Bertz CT molecular complexity index is 774. The normalized spacial score (nSPS) is 11.2. The molecule has 2 heterocycles. The quantitative estimate of drug-likeness (QED) is 0.676. The molecule has 96 valence electrons. The van der Waals surface area contributed by atoms with Crippen molar-refractivity contribution in [3.05, 3.63) is 51.8 Å². The zero-order chi connectivity index (χ0) is 13.6. The fourth-order valence-electron chi connectivity index (χ4n) is 2.23. The van der Waals surface area contributed by atoms with E-state index in [4.69, 9.17) is 0 Å². The summed E-state index contributed by atoms with van der Waals surface area (Å²) in [5.41, 5.74) is 5.39. The average Bonchev–Trinajstić information content (AvgIpc) is 2.69. The van der Waals surface area contributed by atoms with Gasteiger partial charge >= 0.3 is 0 Å². The van der Waals surface area contributed by atoms with Crippen LogP contribution in [0.4, 0.5) is 0 Å². The first kappa shape index (κ1) is 12.4. The Morgan fingerprint density at radius 2 is 1.89 bits per heavy atom. The zero-order valence-electron chi connectivity index (χ0n) is 11.1. The van der Waals surface area contributed by atoms with Gasteiger partial charge in [0.25, 0.3) is 0 Å². The summed E-state index contributed by atoms with van der Waals surface area (Å²) < 4.78 is 2.91. The molecular weight excluding hydrogens is 302 g/mol. The number of benzene rings is 1. The van der Waals surface area contributed by atoms with Gasteiger partial charge in [-0.15, -0.1) is 0 Å². The van der Waals surface area contributed by atoms with Crippen LogP contribution in [0.3, 0.4) is 0 Å². The van der Waals surface area contributed by atoms with Crippen LogP contribution in [0, 0.1) is 20.8 Å². The molecule has 0 aliphatic rings. The summed E-state index contributed by atoms with van der Waals surface area (Å²) in [6, 6.07) is 8.44. The SMILES string of the molecule is Cc1ccc(C)c(-n2nc(C)c3cc(Br)cnc32)c1. The van der Waals surface area contributed by atoms with Crippen LogP contribution in [-0.4, -0.2) is 14.8 Å². The molecular formula is C15H14BrN3. The van der Waals surface area contributed by atoms with Crippen LogP contribution in [-0.2, 0) is 0 Å². The number of rotatable bonds is 1. The van der Waals surface area contributed by atoms with Crippen molar-refractivity contribution in [2.75, 3.05) is 0 Å². The summed E-state index contributed by atoms with van der Waals surface area (Å²) in [7, 11) is 0. The molecule has 0 radical (unpaired) electrons. The molecule has 0 unspecified atom stereocenters. The number of halogens is 1. The Hall–Kier alpha value is -1.68. The molecule has 0 spiro atoms. The predicted molar refractivity (Wildman–Crippen MR) is 80.8 cm³/mol. The molecule has 0 saturated carbocycles. The molecule has 0 bridgehead atoms. The number of pyridine rings is 1. The largest absolute Gasteiger partial charge is 0.235 e. The summed E-state index contributed by atoms with van der Waals surface area (Å²) in [5.74, 6) is 0. The average molecular weight is 316 g/mol. The molecule has 19 heavy (non-hydrogen) atoms. The monoisotopic (exact) mass is 315 g/mol. The number of aryl methyl sites for hydroxylation is 3. The number of aromatic nitrogens is 3. The van der Waals surface area contributed by atoms with E-state index in [1.807, 2.05) is 17.8 Å². The van der Waals surface area contributed by atoms with E-state index in [9.17, 15) is 0 Å². The van der Waals surface area contributed by atoms with E-state index in [1.54, 1.807) is 0 Å². The van der Waals surface area contributed by atoms with Gasteiger partial charge in [-0.05, 0) is 60.0 Å². The van der Waals surface area contributed by atoms with Crippen LogP contribution in [0.2, 0.25) is 0 Å². The molecule has 0 fully saturated rings. The van der Waals surface area contributed by atoms with Crippen LogP contribution in [0.15, 0.2) is 34.9 Å². The van der Waals surface area contributed by atoms with Crippen LogP contribution in [0.5, 0.6) is 0 Å². The fraction of sp³-hybridized carbons (Fsp3) is 0.200. The molecule has 0 aliphatic carbocycles. The van der Waals surface area contributed by atoms with Gasteiger partial charge in [0.15, 0.2) is 5.65 Å². The third-order valence-corrected chi connectivity index (χ3v) is 3.70. The van der Waals surface area contributed by atoms with Gasteiger partial charge in [-0.25, -0.2) is 9.67 Å². The van der Waals surface area contributed by atoms with Gasteiger partial charge in [-0.3, -0.25) is 0 Å². The second-order valence-electron chi connectivity index (χ2n) is 4.81. The Morgan fingerprint density at radius 1 is 1.11 bits per heavy atom.